The van der Waals surface area contributed by atoms with Crippen LogP contribution in [0, 0.1) is 6.92 Å². The molecule has 1 fully saturated rings. The summed E-state index contributed by atoms with van der Waals surface area (Å²) in [6, 6.07) is 0. The molecule has 1 aromatic heterocycles. The summed E-state index contributed by atoms with van der Waals surface area (Å²) in [6.07, 6.45) is -1.52. The number of ether oxygens (including phenoxy) is 2. The van der Waals surface area contributed by atoms with Crippen molar-refractivity contribution >= 4 is 45.1 Å². The smallest absolute Gasteiger partial charge is 0.364 e. The van der Waals surface area contributed by atoms with Crippen molar-refractivity contribution < 1.29 is 55.9 Å². The van der Waals surface area contributed by atoms with Crippen LogP contribution < -0.4 is 11.2 Å². The fourth-order valence-electron chi connectivity index (χ4n) is 2.78. The standard InChI is InChI=1S/C15H27N2O14P3S2/c1-9-6-17(14(19)16-13(9)18)12-5-10(27-8-35-36-15(2,3)4)11(29-12)7-28-33(23,24)31-34(25,26)30-32(20,21)22/h6,10-12H,5,7-8H2,1-4H3,(H,23,24)(H,25,26)(H,16,18,19)(H2,20,21,22)/t10-,11?,12-/m1/s1. The predicted octanol–water partition coefficient (Wildman–Crippen LogP) is 2.00. The van der Waals surface area contributed by atoms with Gasteiger partial charge in [0.25, 0.3) is 5.56 Å². The van der Waals surface area contributed by atoms with Crippen LogP contribution in [0.25, 0.3) is 0 Å². The minimum atomic E-state index is -5.69. The fraction of sp³-hybridized carbons (Fsp3) is 0.733. The SMILES string of the molecule is Cc1cn([C@H]2C[C@@H](OCSSC(C)(C)C)C(COP(=O)(O)OP(=O)(O)OP(=O)(O)O)O2)c(=O)[nH]c1=O. The van der Waals surface area contributed by atoms with Gasteiger partial charge in [0.15, 0.2) is 0 Å². The third kappa shape index (κ3) is 10.8. The molecule has 16 nitrogen and oxygen atoms in total. The number of aromatic amines is 1. The molecule has 0 spiro atoms. The second kappa shape index (κ2) is 12.3. The third-order valence-electron chi connectivity index (χ3n) is 4.09. The van der Waals surface area contributed by atoms with Crippen LogP contribution in [-0.4, -0.2) is 58.6 Å². The van der Waals surface area contributed by atoms with E-state index in [0.717, 1.165) is 4.57 Å². The first kappa shape index (κ1) is 31.9. The van der Waals surface area contributed by atoms with E-state index in [1.807, 2.05) is 20.8 Å². The van der Waals surface area contributed by atoms with Crippen molar-refractivity contribution in [3.8, 4) is 0 Å². The zero-order chi connectivity index (χ0) is 27.5. The highest BCUT2D eigenvalue weighted by Gasteiger charge is 2.43. The Bertz CT molecular complexity index is 1180. The van der Waals surface area contributed by atoms with E-state index in [1.165, 1.54) is 34.7 Å². The molecule has 3 unspecified atom stereocenters. The lowest BCUT2D eigenvalue weighted by molar-refractivity contribution is -0.0543. The topological polar surface area (TPSA) is 233 Å². The quantitative estimate of drug-likeness (QED) is 0.0977. The van der Waals surface area contributed by atoms with E-state index < -0.39 is 59.8 Å². The molecule has 1 saturated heterocycles. The van der Waals surface area contributed by atoms with Crippen molar-refractivity contribution in [1.29, 1.82) is 0 Å². The molecule has 21 heteroatoms. The van der Waals surface area contributed by atoms with Gasteiger partial charge in [-0.3, -0.25) is 18.9 Å². The molecule has 36 heavy (non-hydrogen) atoms. The summed E-state index contributed by atoms with van der Waals surface area (Å²) in [6.45, 7) is 6.71. The van der Waals surface area contributed by atoms with Gasteiger partial charge in [-0.15, -0.1) is 0 Å². The number of rotatable bonds is 12. The highest BCUT2D eigenvalue weighted by Crippen LogP contribution is 2.66. The Balaban J connectivity index is 2.14. The van der Waals surface area contributed by atoms with Crippen molar-refractivity contribution in [2.75, 3.05) is 12.5 Å². The summed E-state index contributed by atoms with van der Waals surface area (Å²) in [5.74, 6) is 0.161. The maximum Gasteiger partial charge on any atom is 0.490 e. The Hall–Kier alpha value is -0.290. The molecular weight excluding hydrogens is 589 g/mol. The lowest BCUT2D eigenvalue weighted by Crippen LogP contribution is -2.33. The van der Waals surface area contributed by atoms with Crippen LogP contribution in [0.4, 0.5) is 0 Å². The minimum absolute atomic E-state index is 0.0660. The van der Waals surface area contributed by atoms with Gasteiger partial charge in [-0.05, 0) is 6.92 Å². The van der Waals surface area contributed by atoms with Crippen LogP contribution in [0.5, 0.6) is 0 Å². The monoisotopic (exact) mass is 616 g/mol. The lowest BCUT2D eigenvalue weighted by Gasteiger charge is -2.22. The van der Waals surface area contributed by atoms with Gasteiger partial charge in [-0.25, -0.2) is 18.5 Å². The number of hydrogen-bond donors (Lipinski definition) is 5. The van der Waals surface area contributed by atoms with E-state index in [0.29, 0.717) is 0 Å². The number of nitrogens with zero attached hydrogens (tertiary/aromatic N) is 1. The van der Waals surface area contributed by atoms with Gasteiger partial charge in [-0.1, -0.05) is 42.4 Å². The van der Waals surface area contributed by atoms with Crippen LogP contribution in [0.15, 0.2) is 15.8 Å². The Kier molecular flexibility index (Phi) is 10.9. The second-order valence-electron chi connectivity index (χ2n) is 8.37. The average Bonchev–Trinajstić information content (AvgIpc) is 3.06. The first-order valence-electron chi connectivity index (χ1n) is 9.95. The van der Waals surface area contributed by atoms with Crippen LogP contribution in [0.3, 0.4) is 0 Å². The van der Waals surface area contributed by atoms with E-state index in [9.17, 15) is 33.1 Å². The number of aryl methyl sites for hydroxylation is 1. The van der Waals surface area contributed by atoms with Crippen molar-refractivity contribution in [2.24, 2.45) is 0 Å². The van der Waals surface area contributed by atoms with Gasteiger partial charge in [-0.2, -0.15) is 8.62 Å². The van der Waals surface area contributed by atoms with Gasteiger partial charge < -0.3 is 29.0 Å². The molecule has 0 saturated carbocycles. The third-order valence-corrected chi connectivity index (χ3v) is 10.9. The Morgan fingerprint density at radius 1 is 1.14 bits per heavy atom. The first-order valence-corrected chi connectivity index (χ1v) is 16.8. The summed E-state index contributed by atoms with van der Waals surface area (Å²) in [5.41, 5.74) is -1.12. The number of nitrogens with one attached hydrogen (secondary N) is 1. The minimum Gasteiger partial charge on any atom is -0.364 e. The molecule has 1 aromatic rings. The van der Waals surface area contributed by atoms with E-state index >= 15 is 0 Å². The molecule has 0 amide bonds. The van der Waals surface area contributed by atoms with Gasteiger partial charge in [0.05, 0.1) is 12.7 Å². The summed E-state index contributed by atoms with van der Waals surface area (Å²) < 4.78 is 59.0. The van der Waals surface area contributed by atoms with Crippen LogP contribution in [0.2, 0.25) is 0 Å². The Morgan fingerprint density at radius 3 is 2.36 bits per heavy atom. The Morgan fingerprint density at radius 2 is 1.78 bits per heavy atom. The molecule has 0 aromatic carbocycles. The highest BCUT2D eigenvalue weighted by molar-refractivity contribution is 8.77. The molecule has 2 heterocycles. The van der Waals surface area contributed by atoms with E-state index in [-0.39, 0.29) is 22.7 Å². The maximum atomic E-state index is 12.3. The second-order valence-corrected chi connectivity index (χ2v) is 15.9. The summed E-state index contributed by atoms with van der Waals surface area (Å²) in [5, 5.41) is 0. The number of aromatic nitrogens is 2. The lowest BCUT2D eigenvalue weighted by atomic mass is 10.2. The number of H-pyrrole nitrogens is 1. The summed E-state index contributed by atoms with van der Waals surface area (Å²) >= 11 is 0. The molecule has 1 aliphatic rings. The zero-order valence-electron chi connectivity index (χ0n) is 19.4. The normalized spacial score (nSPS) is 24.4. The van der Waals surface area contributed by atoms with E-state index in [2.05, 4.69) is 18.1 Å². The van der Waals surface area contributed by atoms with Crippen molar-refractivity contribution in [1.82, 2.24) is 9.55 Å². The molecule has 2 rings (SSSR count). The summed E-state index contributed by atoms with van der Waals surface area (Å²) in [4.78, 5) is 62.3. The van der Waals surface area contributed by atoms with Crippen molar-refractivity contribution in [2.45, 2.75) is 57.3 Å². The molecule has 1 aliphatic heterocycles. The molecule has 5 atom stereocenters. The highest BCUT2D eigenvalue weighted by atomic mass is 33.1. The number of hydrogen-bond acceptors (Lipinski definition) is 12. The molecule has 0 aliphatic carbocycles. The number of phosphoric ester groups is 1. The molecule has 208 valence electrons. The molecule has 5 N–H and O–H groups in total. The van der Waals surface area contributed by atoms with Crippen molar-refractivity contribution in [3.05, 3.63) is 32.6 Å². The average molecular weight is 616 g/mol. The van der Waals surface area contributed by atoms with E-state index in [4.69, 9.17) is 19.3 Å². The largest absolute Gasteiger partial charge is 0.490 e. The van der Waals surface area contributed by atoms with Crippen LogP contribution >= 0.6 is 45.1 Å². The van der Waals surface area contributed by atoms with Crippen LogP contribution in [-0.2, 0) is 36.3 Å². The van der Waals surface area contributed by atoms with Gasteiger partial charge in [0, 0.05) is 22.9 Å². The van der Waals surface area contributed by atoms with E-state index in [1.54, 1.807) is 0 Å². The molecule has 0 bridgehead atoms. The fourth-order valence-corrected chi connectivity index (χ4v) is 7.82. The maximum absolute atomic E-state index is 12.3. The first-order chi connectivity index (χ1) is 16.3. The zero-order valence-corrected chi connectivity index (χ0v) is 23.7. The Labute approximate surface area is 212 Å². The molecule has 0 radical (unpaired) electrons. The summed E-state index contributed by atoms with van der Waals surface area (Å²) in [7, 11) is -13.7. The van der Waals surface area contributed by atoms with Gasteiger partial charge in [0.1, 0.15) is 18.3 Å². The number of phosphoric acid groups is 3. The predicted molar refractivity (Wildman–Crippen MR) is 129 cm³/mol. The van der Waals surface area contributed by atoms with Gasteiger partial charge >= 0.3 is 29.2 Å². The molecular formula is C15H27N2O14P3S2. The van der Waals surface area contributed by atoms with Gasteiger partial charge in [0.2, 0.25) is 0 Å². The van der Waals surface area contributed by atoms with Crippen LogP contribution in [0.1, 0.15) is 39.0 Å². The van der Waals surface area contributed by atoms with Crippen molar-refractivity contribution in [3.63, 3.8) is 0 Å².